The van der Waals surface area contributed by atoms with Gasteiger partial charge in [-0.2, -0.15) is 0 Å². The zero-order valence-electron chi connectivity index (χ0n) is 12.0. The third kappa shape index (κ3) is 4.13. The molecule has 0 aliphatic rings. The van der Waals surface area contributed by atoms with Gasteiger partial charge in [-0.25, -0.2) is 0 Å². The topological polar surface area (TPSA) is 71.1 Å². The maximum Gasteiger partial charge on any atom is 0.261 e. The number of Topliss-reactive ketones (excluding diaryl/α,β-unsaturated/α-hetero) is 1. The van der Waals surface area contributed by atoms with Gasteiger partial charge in [0.1, 0.15) is 0 Å². The van der Waals surface area contributed by atoms with Crippen LogP contribution < -0.4 is 10.6 Å². The summed E-state index contributed by atoms with van der Waals surface area (Å²) in [5.74, 6) is -0.172. The van der Waals surface area contributed by atoms with E-state index in [0.29, 0.717) is 22.8 Å². The van der Waals surface area contributed by atoms with Crippen molar-refractivity contribution in [3.05, 3.63) is 45.9 Å². The van der Waals surface area contributed by atoms with Gasteiger partial charge < -0.3 is 10.6 Å². The SMILES string of the molecule is CC(=O)c1ccc(C(=O)NCCNc2ccncc2C)s1. The molecule has 0 atom stereocenters. The molecule has 0 saturated carbocycles. The number of hydrogen-bond acceptors (Lipinski definition) is 5. The summed E-state index contributed by atoms with van der Waals surface area (Å²) in [5.41, 5.74) is 2.07. The van der Waals surface area contributed by atoms with Gasteiger partial charge in [0.2, 0.25) is 0 Å². The van der Waals surface area contributed by atoms with Crippen LogP contribution in [-0.2, 0) is 0 Å². The number of nitrogens with one attached hydrogen (secondary N) is 2. The Kier molecular flexibility index (Phi) is 5.05. The van der Waals surface area contributed by atoms with Crippen LogP contribution in [0.3, 0.4) is 0 Å². The highest BCUT2D eigenvalue weighted by atomic mass is 32.1. The predicted octanol–water partition coefficient (Wildman–Crippen LogP) is 2.50. The van der Waals surface area contributed by atoms with Crippen molar-refractivity contribution in [3.8, 4) is 0 Å². The van der Waals surface area contributed by atoms with E-state index >= 15 is 0 Å². The second-order valence-electron chi connectivity index (χ2n) is 4.59. The smallest absolute Gasteiger partial charge is 0.261 e. The van der Waals surface area contributed by atoms with E-state index in [1.165, 1.54) is 18.3 Å². The molecule has 2 aromatic heterocycles. The quantitative estimate of drug-likeness (QED) is 0.635. The summed E-state index contributed by atoms with van der Waals surface area (Å²) < 4.78 is 0. The first-order valence-electron chi connectivity index (χ1n) is 6.61. The summed E-state index contributed by atoms with van der Waals surface area (Å²) in [5, 5.41) is 6.06. The highest BCUT2D eigenvalue weighted by Crippen LogP contribution is 2.16. The van der Waals surface area contributed by atoms with Crippen molar-refractivity contribution in [2.24, 2.45) is 0 Å². The minimum absolute atomic E-state index is 0.0196. The number of nitrogens with zero attached hydrogens (tertiary/aromatic N) is 1. The number of amides is 1. The molecule has 110 valence electrons. The lowest BCUT2D eigenvalue weighted by molar-refractivity contribution is 0.0958. The van der Waals surface area contributed by atoms with E-state index in [9.17, 15) is 9.59 Å². The monoisotopic (exact) mass is 303 g/mol. The molecule has 1 amide bonds. The van der Waals surface area contributed by atoms with Crippen LogP contribution in [0, 0.1) is 6.92 Å². The number of anilines is 1. The molecular weight excluding hydrogens is 286 g/mol. The summed E-state index contributed by atoms with van der Waals surface area (Å²) in [6.07, 6.45) is 3.51. The van der Waals surface area contributed by atoms with E-state index in [1.54, 1.807) is 24.5 Å². The maximum atomic E-state index is 11.9. The summed E-state index contributed by atoms with van der Waals surface area (Å²) in [7, 11) is 0. The Morgan fingerprint density at radius 3 is 2.62 bits per heavy atom. The lowest BCUT2D eigenvalue weighted by Crippen LogP contribution is -2.28. The summed E-state index contributed by atoms with van der Waals surface area (Å²) in [6.45, 7) is 4.60. The average molecular weight is 303 g/mol. The van der Waals surface area contributed by atoms with Gasteiger partial charge in [-0.3, -0.25) is 14.6 Å². The standard InChI is InChI=1S/C15H17N3O2S/c1-10-9-16-6-5-12(10)17-7-8-18-15(20)14-4-3-13(21-14)11(2)19/h3-6,9H,7-8H2,1-2H3,(H,16,17)(H,18,20). The number of thiophene rings is 1. The Morgan fingerprint density at radius 2 is 1.95 bits per heavy atom. The number of aromatic nitrogens is 1. The van der Waals surface area contributed by atoms with E-state index in [0.717, 1.165) is 11.3 Å². The molecule has 2 aromatic rings. The molecular formula is C15H17N3O2S. The fourth-order valence-corrected chi connectivity index (χ4v) is 2.60. The molecule has 2 N–H and O–H groups in total. The molecule has 0 radical (unpaired) electrons. The molecule has 6 heteroatoms. The van der Waals surface area contributed by atoms with Crippen LogP contribution >= 0.6 is 11.3 Å². The Bertz CT molecular complexity index is 652. The van der Waals surface area contributed by atoms with Crippen LogP contribution in [0.25, 0.3) is 0 Å². The third-order valence-corrected chi connectivity index (χ3v) is 4.11. The van der Waals surface area contributed by atoms with Crippen molar-refractivity contribution in [3.63, 3.8) is 0 Å². The molecule has 0 unspecified atom stereocenters. The lowest BCUT2D eigenvalue weighted by atomic mass is 10.2. The maximum absolute atomic E-state index is 11.9. The van der Waals surface area contributed by atoms with E-state index < -0.39 is 0 Å². The number of pyridine rings is 1. The zero-order valence-corrected chi connectivity index (χ0v) is 12.8. The lowest BCUT2D eigenvalue weighted by Gasteiger charge is -2.09. The second-order valence-corrected chi connectivity index (χ2v) is 5.68. The molecule has 5 nitrogen and oxygen atoms in total. The first-order chi connectivity index (χ1) is 10.1. The normalized spacial score (nSPS) is 10.2. The van der Waals surface area contributed by atoms with Gasteiger partial charge in [0.15, 0.2) is 5.78 Å². The number of carbonyl (C=O) groups is 2. The van der Waals surface area contributed by atoms with Crippen molar-refractivity contribution < 1.29 is 9.59 Å². The molecule has 0 saturated heterocycles. The molecule has 0 aromatic carbocycles. The van der Waals surface area contributed by atoms with E-state index in [2.05, 4.69) is 15.6 Å². The van der Waals surface area contributed by atoms with E-state index in [-0.39, 0.29) is 11.7 Å². The van der Waals surface area contributed by atoms with E-state index in [1.807, 2.05) is 13.0 Å². The fourth-order valence-electron chi connectivity index (χ4n) is 1.78. The highest BCUT2D eigenvalue weighted by molar-refractivity contribution is 7.15. The van der Waals surface area contributed by atoms with Gasteiger partial charge in [-0.15, -0.1) is 11.3 Å². The Morgan fingerprint density at radius 1 is 1.19 bits per heavy atom. The minimum Gasteiger partial charge on any atom is -0.383 e. The van der Waals surface area contributed by atoms with Gasteiger partial charge in [0, 0.05) is 31.2 Å². The van der Waals surface area contributed by atoms with Gasteiger partial charge in [-0.1, -0.05) is 0 Å². The van der Waals surface area contributed by atoms with Crippen LogP contribution in [0.5, 0.6) is 0 Å². The molecule has 0 bridgehead atoms. The van der Waals surface area contributed by atoms with Crippen molar-refractivity contribution in [2.75, 3.05) is 18.4 Å². The number of rotatable bonds is 6. The van der Waals surface area contributed by atoms with Crippen LogP contribution in [0.2, 0.25) is 0 Å². The summed E-state index contributed by atoms with van der Waals surface area (Å²) in [4.78, 5) is 28.3. The highest BCUT2D eigenvalue weighted by Gasteiger charge is 2.10. The average Bonchev–Trinajstić information content (AvgIpc) is 2.95. The van der Waals surface area contributed by atoms with Crippen molar-refractivity contribution in [2.45, 2.75) is 13.8 Å². The number of hydrogen-bond donors (Lipinski definition) is 2. The van der Waals surface area contributed by atoms with Gasteiger partial charge in [0.05, 0.1) is 9.75 Å². The van der Waals surface area contributed by atoms with E-state index in [4.69, 9.17) is 0 Å². The Hall–Kier alpha value is -2.21. The molecule has 2 rings (SSSR count). The number of aryl methyl sites for hydroxylation is 1. The van der Waals surface area contributed by atoms with Gasteiger partial charge >= 0.3 is 0 Å². The van der Waals surface area contributed by atoms with Crippen LogP contribution in [0.4, 0.5) is 5.69 Å². The Labute approximate surface area is 127 Å². The van der Waals surface area contributed by atoms with Crippen molar-refractivity contribution >= 4 is 28.7 Å². The van der Waals surface area contributed by atoms with Gasteiger partial charge in [0.25, 0.3) is 5.91 Å². The first kappa shape index (κ1) is 15.2. The Balaban J connectivity index is 1.79. The van der Waals surface area contributed by atoms with Crippen LogP contribution in [0.15, 0.2) is 30.6 Å². The summed E-state index contributed by atoms with van der Waals surface area (Å²) >= 11 is 1.22. The van der Waals surface area contributed by atoms with Crippen molar-refractivity contribution in [1.29, 1.82) is 0 Å². The molecule has 2 heterocycles. The zero-order chi connectivity index (χ0) is 15.2. The first-order valence-corrected chi connectivity index (χ1v) is 7.43. The molecule has 0 aliphatic carbocycles. The molecule has 0 aliphatic heterocycles. The number of carbonyl (C=O) groups excluding carboxylic acids is 2. The van der Waals surface area contributed by atoms with Gasteiger partial charge in [-0.05, 0) is 37.6 Å². The predicted molar refractivity (Wildman–Crippen MR) is 84.1 cm³/mol. The third-order valence-electron chi connectivity index (χ3n) is 2.92. The van der Waals surface area contributed by atoms with Crippen molar-refractivity contribution in [1.82, 2.24) is 10.3 Å². The van der Waals surface area contributed by atoms with Crippen LogP contribution in [0.1, 0.15) is 31.8 Å². The molecule has 0 spiro atoms. The fraction of sp³-hybridized carbons (Fsp3) is 0.267. The number of ketones is 1. The minimum atomic E-state index is -0.152. The molecule has 0 fully saturated rings. The molecule has 21 heavy (non-hydrogen) atoms. The largest absolute Gasteiger partial charge is 0.383 e. The summed E-state index contributed by atoms with van der Waals surface area (Å²) in [6, 6.07) is 5.26. The second kappa shape index (κ2) is 6.99. The van der Waals surface area contributed by atoms with Crippen LogP contribution in [-0.4, -0.2) is 29.8 Å².